The molecular formula is C15H24N2O2. The number of ether oxygens (including phenoxy) is 1. The Morgan fingerprint density at radius 1 is 1.32 bits per heavy atom. The Kier molecular flexibility index (Phi) is 6.36. The summed E-state index contributed by atoms with van der Waals surface area (Å²) >= 11 is 0. The zero-order valence-electron chi connectivity index (χ0n) is 12.3. The molecule has 19 heavy (non-hydrogen) atoms. The molecule has 0 heterocycles. The van der Waals surface area contributed by atoms with Crippen LogP contribution in [-0.2, 0) is 11.3 Å². The molecular weight excluding hydrogens is 240 g/mol. The van der Waals surface area contributed by atoms with Gasteiger partial charge < -0.3 is 15.0 Å². The first-order valence-corrected chi connectivity index (χ1v) is 6.62. The van der Waals surface area contributed by atoms with Crippen molar-refractivity contribution in [3.63, 3.8) is 0 Å². The van der Waals surface area contributed by atoms with Crippen LogP contribution in [0.2, 0.25) is 0 Å². The van der Waals surface area contributed by atoms with E-state index in [0.717, 1.165) is 24.4 Å². The van der Waals surface area contributed by atoms with Gasteiger partial charge in [0.1, 0.15) is 5.75 Å². The van der Waals surface area contributed by atoms with Crippen molar-refractivity contribution in [2.75, 3.05) is 27.2 Å². The molecule has 0 unspecified atom stereocenters. The molecule has 1 aromatic carbocycles. The molecule has 1 aromatic rings. The second-order valence-electron chi connectivity index (χ2n) is 5.21. The molecule has 1 N–H and O–H groups in total. The number of nitrogens with one attached hydrogen (secondary N) is 1. The molecule has 0 aliphatic rings. The summed E-state index contributed by atoms with van der Waals surface area (Å²) in [4.78, 5) is 13.0. The van der Waals surface area contributed by atoms with Crippen molar-refractivity contribution in [1.82, 2.24) is 10.2 Å². The van der Waals surface area contributed by atoms with Crippen LogP contribution < -0.4 is 10.1 Å². The minimum Gasteiger partial charge on any atom is -0.483 e. The van der Waals surface area contributed by atoms with Crippen molar-refractivity contribution in [2.45, 2.75) is 20.4 Å². The van der Waals surface area contributed by atoms with Gasteiger partial charge in [-0.3, -0.25) is 4.79 Å². The van der Waals surface area contributed by atoms with E-state index in [2.05, 4.69) is 19.2 Å². The highest BCUT2D eigenvalue weighted by atomic mass is 16.5. The molecule has 106 valence electrons. The lowest BCUT2D eigenvalue weighted by Crippen LogP contribution is -2.28. The van der Waals surface area contributed by atoms with Crippen LogP contribution in [0.3, 0.4) is 0 Å². The molecule has 1 rings (SSSR count). The van der Waals surface area contributed by atoms with Crippen LogP contribution in [0.15, 0.2) is 24.3 Å². The standard InChI is InChI=1S/C15H24N2O2/c1-12(2)9-16-10-13-7-5-6-8-14(13)19-11-15(18)17(3)4/h5-8,12,16H,9-11H2,1-4H3. The van der Waals surface area contributed by atoms with Crippen LogP contribution in [0.5, 0.6) is 5.75 Å². The summed E-state index contributed by atoms with van der Waals surface area (Å²) in [6.45, 7) is 6.14. The number of hydrogen-bond donors (Lipinski definition) is 1. The first-order valence-electron chi connectivity index (χ1n) is 6.62. The second-order valence-corrected chi connectivity index (χ2v) is 5.21. The Labute approximate surface area is 115 Å². The van der Waals surface area contributed by atoms with Crippen molar-refractivity contribution in [3.8, 4) is 5.75 Å². The number of hydrogen-bond acceptors (Lipinski definition) is 3. The lowest BCUT2D eigenvalue weighted by atomic mass is 10.2. The van der Waals surface area contributed by atoms with Crippen LogP contribution in [0, 0.1) is 5.92 Å². The van der Waals surface area contributed by atoms with Gasteiger partial charge in [0.05, 0.1) is 0 Å². The third-order valence-corrected chi connectivity index (χ3v) is 2.69. The van der Waals surface area contributed by atoms with Crippen LogP contribution in [-0.4, -0.2) is 38.1 Å². The largest absolute Gasteiger partial charge is 0.483 e. The molecule has 4 heteroatoms. The monoisotopic (exact) mass is 264 g/mol. The van der Waals surface area contributed by atoms with Crippen molar-refractivity contribution in [2.24, 2.45) is 5.92 Å². The van der Waals surface area contributed by atoms with Gasteiger partial charge >= 0.3 is 0 Å². The average molecular weight is 264 g/mol. The second kappa shape index (κ2) is 7.79. The van der Waals surface area contributed by atoms with E-state index in [1.54, 1.807) is 14.1 Å². The number of amides is 1. The third-order valence-electron chi connectivity index (χ3n) is 2.69. The third kappa shape index (κ3) is 5.75. The molecule has 0 saturated heterocycles. The summed E-state index contributed by atoms with van der Waals surface area (Å²) in [7, 11) is 3.45. The SMILES string of the molecule is CC(C)CNCc1ccccc1OCC(=O)N(C)C. The highest BCUT2D eigenvalue weighted by molar-refractivity contribution is 5.77. The van der Waals surface area contributed by atoms with E-state index in [-0.39, 0.29) is 12.5 Å². The molecule has 1 amide bonds. The summed E-state index contributed by atoms with van der Waals surface area (Å²) < 4.78 is 5.59. The molecule has 0 bridgehead atoms. The maximum absolute atomic E-state index is 11.5. The van der Waals surface area contributed by atoms with E-state index >= 15 is 0 Å². The summed E-state index contributed by atoms with van der Waals surface area (Å²) in [6, 6.07) is 7.81. The number of benzene rings is 1. The van der Waals surface area contributed by atoms with Gasteiger partial charge in [0.15, 0.2) is 6.61 Å². The highest BCUT2D eigenvalue weighted by Crippen LogP contribution is 2.17. The average Bonchev–Trinajstić information content (AvgIpc) is 2.36. The number of para-hydroxylation sites is 1. The van der Waals surface area contributed by atoms with Gasteiger partial charge in [-0.2, -0.15) is 0 Å². The van der Waals surface area contributed by atoms with Crippen LogP contribution in [0.25, 0.3) is 0 Å². The first-order chi connectivity index (χ1) is 9.00. The van der Waals surface area contributed by atoms with E-state index in [0.29, 0.717) is 5.92 Å². The smallest absolute Gasteiger partial charge is 0.259 e. The molecule has 0 saturated carbocycles. The minimum atomic E-state index is -0.0371. The molecule has 0 atom stereocenters. The molecule has 4 nitrogen and oxygen atoms in total. The van der Waals surface area contributed by atoms with E-state index < -0.39 is 0 Å². The van der Waals surface area contributed by atoms with E-state index in [1.807, 2.05) is 24.3 Å². The van der Waals surface area contributed by atoms with Crippen LogP contribution in [0.1, 0.15) is 19.4 Å². The Bertz CT molecular complexity index is 403. The maximum Gasteiger partial charge on any atom is 0.259 e. The van der Waals surface area contributed by atoms with E-state index in [9.17, 15) is 4.79 Å². The molecule has 0 aliphatic heterocycles. The predicted molar refractivity (Wildman–Crippen MR) is 77.2 cm³/mol. The minimum absolute atomic E-state index is 0.0371. The van der Waals surface area contributed by atoms with Gasteiger partial charge in [-0.15, -0.1) is 0 Å². The highest BCUT2D eigenvalue weighted by Gasteiger charge is 2.08. The summed E-state index contributed by atoms with van der Waals surface area (Å²) in [5.74, 6) is 1.35. The van der Waals surface area contributed by atoms with E-state index in [4.69, 9.17) is 4.74 Å². The summed E-state index contributed by atoms with van der Waals surface area (Å²) in [5.41, 5.74) is 1.08. The summed E-state index contributed by atoms with van der Waals surface area (Å²) in [5, 5.41) is 3.38. The number of carbonyl (C=O) groups excluding carboxylic acids is 1. The van der Waals surface area contributed by atoms with Gasteiger partial charge in [0.25, 0.3) is 5.91 Å². The van der Waals surface area contributed by atoms with Crippen molar-refractivity contribution in [3.05, 3.63) is 29.8 Å². The zero-order valence-corrected chi connectivity index (χ0v) is 12.3. The lowest BCUT2D eigenvalue weighted by Gasteiger charge is -2.14. The molecule has 0 fully saturated rings. The molecule has 0 aliphatic carbocycles. The van der Waals surface area contributed by atoms with Gasteiger partial charge in [0.2, 0.25) is 0 Å². The van der Waals surface area contributed by atoms with Gasteiger partial charge in [0, 0.05) is 26.2 Å². The van der Waals surface area contributed by atoms with Crippen LogP contribution in [0.4, 0.5) is 0 Å². The fourth-order valence-electron chi connectivity index (χ4n) is 1.55. The predicted octanol–water partition coefficient (Wildman–Crippen LogP) is 1.90. The van der Waals surface area contributed by atoms with E-state index in [1.165, 1.54) is 4.90 Å². The molecule has 0 radical (unpaired) electrons. The number of carbonyl (C=O) groups is 1. The fraction of sp³-hybridized carbons (Fsp3) is 0.533. The quantitative estimate of drug-likeness (QED) is 0.818. The van der Waals surface area contributed by atoms with Gasteiger partial charge in [-0.25, -0.2) is 0 Å². The Hall–Kier alpha value is -1.55. The zero-order chi connectivity index (χ0) is 14.3. The molecule has 0 aromatic heterocycles. The Morgan fingerprint density at radius 2 is 2.00 bits per heavy atom. The van der Waals surface area contributed by atoms with Crippen LogP contribution >= 0.6 is 0 Å². The van der Waals surface area contributed by atoms with Crippen molar-refractivity contribution < 1.29 is 9.53 Å². The fourth-order valence-corrected chi connectivity index (χ4v) is 1.55. The normalized spacial score (nSPS) is 10.6. The first kappa shape index (κ1) is 15.5. The van der Waals surface area contributed by atoms with Crippen molar-refractivity contribution >= 4 is 5.91 Å². The molecule has 0 spiro atoms. The Morgan fingerprint density at radius 3 is 2.63 bits per heavy atom. The number of nitrogens with zero attached hydrogens (tertiary/aromatic N) is 1. The topological polar surface area (TPSA) is 41.6 Å². The lowest BCUT2D eigenvalue weighted by molar-refractivity contribution is -0.130. The van der Waals surface area contributed by atoms with Crippen molar-refractivity contribution in [1.29, 1.82) is 0 Å². The number of likely N-dealkylation sites (N-methyl/N-ethyl adjacent to an activating group) is 1. The number of rotatable bonds is 7. The van der Waals surface area contributed by atoms with Gasteiger partial charge in [-0.05, 0) is 18.5 Å². The maximum atomic E-state index is 11.5. The summed E-state index contributed by atoms with van der Waals surface area (Å²) in [6.07, 6.45) is 0. The van der Waals surface area contributed by atoms with Gasteiger partial charge in [-0.1, -0.05) is 32.0 Å². The Balaban J connectivity index is 2.55.